The van der Waals surface area contributed by atoms with Crippen LogP contribution in [0, 0.1) is 0 Å². The number of piperidine rings is 1. The van der Waals surface area contributed by atoms with E-state index in [-0.39, 0.29) is 11.1 Å². The van der Waals surface area contributed by atoms with E-state index in [0.29, 0.717) is 6.04 Å². The molecule has 0 unspecified atom stereocenters. The Morgan fingerprint density at radius 2 is 1.54 bits per heavy atom. The van der Waals surface area contributed by atoms with Gasteiger partial charge < -0.3 is 5.32 Å². The highest BCUT2D eigenvalue weighted by Crippen LogP contribution is 2.29. The lowest BCUT2D eigenvalue weighted by atomic mass is 9.79. The fraction of sp³-hybridized carbons (Fsp3) is 1.00. The molecule has 1 fully saturated rings. The van der Waals surface area contributed by atoms with Gasteiger partial charge in [0.1, 0.15) is 0 Å². The molecule has 1 saturated heterocycles. The predicted molar refractivity (Wildman–Crippen MR) is 56.3 cm³/mol. The van der Waals surface area contributed by atoms with Gasteiger partial charge in [0, 0.05) is 24.2 Å². The third-order valence-corrected chi connectivity index (χ3v) is 2.74. The minimum absolute atomic E-state index is 0.194. The molecule has 0 spiro atoms. The van der Waals surface area contributed by atoms with Crippen LogP contribution in [-0.2, 0) is 0 Å². The number of hydrogen-bond acceptors (Lipinski definition) is 3. The molecular formula is C10H23N3. The average molecular weight is 185 g/mol. The van der Waals surface area contributed by atoms with Gasteiger partial charge in [0.15, 0.2) is 0 Å². The fourth-order valence-corrected chi connectivity index (χ4v) is 2.56. The number of nitrogens with zero attached hydrogens (tertiary/aromatic N) is 1. The Morgan fingerprint density at radius 3 is 1.85 bits per heavy atom. The van der Waals surface area contributed by atoms with Crippen molar-refractivity contribution >= 4 is 0 Å². The standard InChI is InChI=1S/C10H23N3/c1-9(2)6-8(13(5)11)7-10(3,4)12-9/h8,12H,6-7,11H2,1-5H3. The van der Waals surface area contributed by atoms with Crippen molar-refractivity contribution in [2.24, 2.45) is 5.84 Å². The lowest BCUT2D eigenvalue weighted by Crippen LogP contribution is -2.62. The molecule has 3 heteroatoms. The third kappa shape index (κ3) is 2.93. The van der Waals surface area contributed by atoms with Crippen molar-refractivity contribution in [2.45, 2.75) is 57.7 Å². The van der Waals surface area contributed by atoms with Crippen molar-refractivity contribution < 1.29 is 0 Å². The van der Waals surface area contributed by atoms with E-state index in [1.165, 1.54) is 0 Å². The van der Waals surface area contributed by atoms with Gasteiger partial charge in [0.2, 0.25) is 0 Å². The Hall–Kier alpha value is -0.120. The lowest BCUT2D eigenvalue weighted by Gasteiger charge is -2.48. The highest BCUT2D eigenvalue weighted by molar-refractivity contribution is 4.99. The SMILES string of the molecule is CN(N)C1CC(C)(C)NC(C)(C)C1. The van der Waals surface area contributed by atoms with Gasteiger partial charge in [0.05, 0.1) is 0 Å². The molecule has 0 saturated carbocycles. The summed E-state index contributed by atoms with van der Waals surface area (Å²) < 4.78 is 0. The Labute approximate surface area is 81.6 Å². The molecule has 0 radical (unpaired) electrons. The second-order valence-electron chi connectivity index (χ2n) is 5.62. The Bertz CT molecular complexity index is 169. The van der Waals surface area contributed by atoms with Gasteiger partial charge in [-0.05, 0) is 40.5 Å². The zero-order valence-corrected chi connectivity index (χ0v) is 9.52. The minimum atomic E-state index is 0.194. The first kappa shape index (κ1) is 11.0. The first-order valence-electron chi connectivity index (χ1n) is 4.99. The van der Waals surface area contributed by atoms with Gasteiger partial charge in [-0.15, -0.1) is 0 Å². The van der Waals surface area contributed by atoms with E-state index < -0.39 is 0 Å². The number of rotatable bonds is 1. The summed E-state index contributed by atoms with van der Waals surface area (Å²) in [6, 6.07) is 0.492. The molecule has 0 aromatic carbocycles. The molecule has 0 bridgehead atoms. The quantitative estimate of drug-likeness (QED) is 0.475. The zero-order valence-electron chi connectivity index (χ0n) is 9.52. The van der Waals surface area contributed by atoms with E-state index in [0.717, 1.165) is 12.8 Å². The van der Waals surface area contributed by atoms with E-state index in [1.54, 1.807) is 0 Å². The number of nitrogens with one attached hydrogen (secondary N) is 1. The van der Waals surface area contributed by atoms with Crippen LogP contribution in [-0.4, -0.2) is 29.2 Å². The van der Waals surface area contributed by atoms with Crippen LogP contribution in [0.1, 0.15) is 40.5 Å². The summed E-state index contributed by atoms with van der Waals surface area (Å²) in [5.74, 6) is 5.81. The van der Waals surface area contributed by atoms with Crippen LogP contribution in [0.5, 0.6) is 0 Å². The molecule has 0 atom stereocenters. The first-order chi connectivity index (χ1) is 5.72. The van der Waals surface area contributed by atoms with Crippen LogP contribution in [0.3, 0.4) is 0 Å². The molecule has 1 heterocycles. The van der Waals surface area contributed by atoms with Gasteiger partial charge >= 0.3 is 0 Å². The molecular weight excluding hydrogens is 162 g/mol. The summed E-state index contributed by atoms with van der Waals surface area (Å²) in [7, 11) is 1.96. The van der Waals surface area contributed by atoms with Gasteiger partial charge in [-0.1, -0.05) is 0 Å². The van der Waals surface area contributed by atoms with Crippen LogP contribution >= 0.6 is 0 Å². The van der Waals surface area contributed by atoms with Crippen LogP contribution in [0.4, 0.5) is 0 Å². The van der Waals surface area contributed by atoms with Gasteiger partial charge in [-0.3, -0.25) is 5.84 Å². The largest absolute Gasteiger partial charge is 0.307 e. The molecule has 0 amide bonds. The molecule has 1 rings (SSSR count). The second kappa shape index (κ2) is 3.23. The van der Waals surface area contributed by atoms with Crippen LogP contribution in [0.2, 0.25) is 0 Å². The number of nitrogens with two attached hydrogens (primary N) is 1. The van der Waals surface area contributed by atoms with Crippen LogP contribution in [0.15, 0.2) is 0 Å². The summed E-state index contributed by atoms with van der Waals surface area (Å²) in [5, 5.41) is 5.49. The zero-order chi connectivity index (χ0) is 10.3. The Balaban J connectivity index is 2.72. The van der Waals surface area contributed by atoms with Crippen molar-refractivity contribution in [3.05, 3.63) is 0 Å². The van der Waals surface area contributed by atoms with E-state index in [2.05, 4.69) is 33.0 Å². The lowest BCUT2D eigenvalue weighted by molar-refractivity contribution is 0.0818. The summed E-state index contributed by atoms with van der Waals surface area (Å²) in [6.45, 7) is 8.96. The third-order valence-electron chi connectivity index (χ3n) is 2.74. The van der Waals surface area contributed by atoms with Crippen molar-refractivity contribution in [3.63, 3.8) is 0 Å². The maximum absolute atomic E-state index is 5.81. The highest BCUT2D eigenvalue weighted by Gasteiger charge is 2.38. The minimum Gasteiger partial charge on any atom is -0.307 e. The molecule has 0 aliphatic carbocycles. The normalized spacial score (nSPS) is 27.9. The van der Waals surface area contributed by atoms with Crippen molar-refractivity contribution in [3.8, 4) is 0 Å². The van der Waals surface area contributed by atoms with Gasteiger partial charge in [-0.25, -0.2) is 5.01 Å². The summed E-state index contributed by atoms with van der Waals surface area (Å²) in [4.78, 5) is 0. The highest BCUT2D eigenvalue weighted by atomic mass is 15.4. The molecule has 3 N–H and O–H groups in total. The van der Waals surface area contributed by atoms with Crippen molar-refractivity contribution in [1.82, 2.24) is 10.3 Å². The molecule has 13 heavy (non-hydrogen) atoms. The van der Waals surface area contributed by atoms with Crippen LogP contribution in [0.25, 0.3) is 0 Å². The predicted octanol–water partition coefficient (Wildman–Crippen LogP) is 1.10. The summed E-state index contributed by atoms with van der Waals surface area (Å²) in [6.07, 6.45) is 2.23. The van der Waals surface area contributed by atoms with Gasteiger partial charge in [0.25, 0.3) is 0 Å². The molecule has 0 aromatic rings. The monoisotopic (exact) mass is 185 g/mol. The van der Waals surface area contributed by atoms with Crippen molar-refractivity contribution in [2.75, 3.05) is 7.05 Å². The van der Waals surface area contributed by atoms with E-state index in [4.69, 9.17) is 5.84 Å². The first-order valence-corrected chi connectivity index (χ1v) is 4.99. The van der Waals surface area contributed by atoms with Crippen LogP contribution < -0.4 is 11.2 Å². The average Bonchev–Trinajstić information content (AvgIpc) is 1.79. The molecule has 3 nitrogen and oxygen atoms in total. The molecule has 78 valence electrons. The fourth-order valence-electron chi connectivity index (χ4n) is 2.56. The second-order valence-corrected chi connectivity index (χ2v) is 5.62. The molecule has 0 aromatic heterocycles. The molecule has 1 aliphatic heterocycles. The van der Waals surface area contributed by atoms with E-state index in [1.807, 2.05) is 12.1 Å². The smallest absolute Gasteiger partial charge is 0.0272 e. The number of hydrazine groups is 1. The van der Waals surface area contributed by atoms with E-state index in [9.17, 15) is 0 Å². The Morgan fingerprint density at radius 1 is 1.15 bits per heavy atom. The topological polar surface area (TPSA) is 41.3 Å². The Kier molecular flexibility index (Phi) is 2.72. The summed E-state index contributed by atoms with van der Waals surface area (Å²) >= 11 is 0. The maximum Gasteiger partial charge on any atom is 0.0272 e. The summed E-state index contributed by atoms with van der Waals surface area (Å²) in [5.41, 5.74) is 0.389. The maximum atomic E-state index is 5.81. The van der Waals surface area contributed by atoms with Gasteiger partial charge in [-0.2, -0.15) is 0 Å². The van der Waals surface area contributed by atoms with Crippen molar-refractivity contribution in [1.29, 1.82) is 0 Å². The molecule has 1 aliphatic rings. The number of hydrogen-bond donors (Lipinski definition) is 2. The van der Waals surface area contributed by atoms with E-state index >= 15 is 0 Å².